The first kappa shape index (κ1) is 16.3. The number of hydrogen-bond acceptors (Lipinski definition) is 7. The molecule has 0 saturated carbocycles. The first-order chi connectivity index (χ1) is 11.0. The molecule has 23 heavy (non-hydrogen) atoms. The second kappa shape index (κ2) is 7.30. The van der Waals surface area contributed by atoms with Gasteiger partial charge in [0.1, 0.15) is 0 Å². The van der Waals surface area contributed by atoms with Crippen molar-refractivity contribution in [3.8, 4) is 0 Å². The number of nitrogens with zero attached hydrogens (tertiary/aromatic N) is 3. The molecule has 0 fully saturated rings. The van der Waals surface area contributed by atoms with Gasteiger partial charge in [-0.3, -0.25) is 15.1 Å². The molecule has 2 aromatic rings. The molecule has 0 aromatic carbocycles. The van der Waals surface area contributed by atoms with E-state index in [1.165, 1.54) is 13.3 Å². The summed E-state index contributed by atoms with van der Waals surface area (Å²) >= 11 is 0. The number of anilines is 1. The van der Waals surface area contributed by atoms with E-state index in [4.69, 9.17) is 0 Å². The number of esters is 1. The molecule has 0 atom stereocenters. The third-order valence-electron chi connectivity index (χ3n) is 3.16. The lowest BCUT2D eigenvalue weighted by molar-refractivity contribution is -0.384. The van der Waals surface area contributed by atoms with E-state index < -0.39 is 10.9 Å². The number of aryl methyl sites for hydroxylation is 1. The van der Waals surface area contributed by atoms with Crippen LogP contribution in [0.4, 0.5) is 11.5 Å². The summed E-state index contributed by atoms with van der Waals surface area (Å²) in [6, 6.07) is 5.00. The first-order valence-electron chi connectivity index (χ1n) is 6.89. The molecule has 0 bridgehead atoms. The third kappa shape index (κ3) is 4.22. The lowest BCUT2D eigenvalue weighted by atomic mass is 10.2. The average Bonchev–Trinajstić information content (AvgIpc) is 2.56. The zero-order valence-corrected chi connectivity index (χ0v) is 12.8. The number of aromatic nitrogens is 2. The van der Waals surface area contributed by atoms with E-state index in [1.807, 2.05) is 19.1 Å². The number of nitrogens with one attached hydrogen (secondary N) is 1. The fraction of sp³-hybridized carbons (Fsp3) is 0.267. The Morgan fingerprint density at radius 1 is 1.35 bits per heavy atom. The van der Waals surface area contributed by atoms with Crippen molar-refractivity contribution in [2.24, 2.45) is 0 Å². The van der Waals surface area contributed by atoms with Gasteiger partial charge in [-0.05, 0) is 25.0 Å². The maximum Gasteiger partial charge on any atom is 0.339 e. The number of carbonyl (C=O) groups excluding carboxylic acids is 1. The summed E-state index contributed by atoms with van der Waals surface area (Å²) in [5.74, 6) is -0.555. The van der Waals surface area contributed by atoms with Crippen molar-refractivity contribution in [1.82, 2.24) is 9.97 Å². The minimum absolute atomic E-state index is 0.0347. The number of methoxy groups -OCH3 is 1. The summed E-state index contributed by atoms with van der Waals surface area (Å²) in [6.07, 6.45) is 3.65. The summed E-state index contributed by atoms with van der Waals surface area (Å²) in [6.45, 7) is 2.36. The maximum atomic E-state index is 11.4. The number of carbonyl (C=O) groups is 1. The maximum absolute atomic E-state index is 11.4. The highest BCUT2D eigenvalue weighted by molar-refractivity contribution is 5.90. The van der Waals surface area contributed by atoms with Crippen LogP contribution in [-0.2, 0) is 11.2 Å². The minimum Gasteiger partial charge on any atom is -0.465 e. The molecule has 0 aliphatic heterocycles. The van der Waals surface area contributed by atoms with E-state index in [9.17, 15) is 14.9 Å². The number of pyridine rings is 2. The van der Waals surface area contributed by atoms with Crippen LogP contribution in [0.15, 0.2) is 30.6 Å². The second-order valence-corrected chi connectivity index (χ2v) is 4.83. The summed E-state index contributed by atoms with van der Waals surface area (Å²) in [7, 11) is 1.20. The van der Waals surface area contributed by atoms with Crippen LogP contribution in [0.1, 0.15) is 21.6 Å². The summed E-state index contributed by atoms with van der Waals surface area (Å²) < 4.78 is 4.53. The Kier molecular flexibility index (Phi) is 5.19. The van der Waals surface area contributed by atoms with E-state index in [-0.39, 0.29) is 17.1 Å². The van der Waals surface area contributed by atoms with Gasteiger partial charge in [-0.1, -0.05) is 6.07 Å². The van der Waals surface area contributed by atoms with Gasteiger partial charge in [0.2, 0.25) is 5.82 Å². The fourth-order valence-electron chi connectivity index (χ4n) is 1.93. The van der Waals surface area contributed by atoms with Crippen LogP contribution in [0.2, 0.25) is 0 Å². The molecule has 120 valence electrons. The smallest absolute Gasteiger partial charge is 0.339 e. The van der Waals surface area contributed by atoms with Crippen LogP contribution >= 0.6 is 0 Å². The first-order valence-corrected chi connectivity index (χ1v) is 6.89. The number of hydrogen-bond donors (Lipinski definition) is 1. The van der Waals surface area contributed by atoms with Crippen LogP contribution < -0.4 is 5.32 Å². The highest BCUT2D eigenvalue weighted by Gasteiger charge is 2.19. The highest BCUT2D eigenvalue weighted by Crippen LogP contribution is 2.23. The average molecular weight is 316 g/mol. The van der Waals surface area contributed by atoms with Gasteiger partial charge in [0.25, 0.3) is 0 Å². The SMILES string of the molecule is COC(=O)c1cnc(NCCc2ccc(C)nc2)c([N+](=O)[O-])c1. The van der Waals surface area contributed by atoms with Crippen LogP contribution in [-0.4, -0.2) is 34.5 Å². The zero-order valence-electron chi connectivity index (χ0n) is 12.8. The monoisotopic (exact) mass is 316 g/mol. The van der Waals surface area contributed by atoms with E-state index in [2.05, 4.69) is 20.0 Å². The van der Waals surface area contributed by atoms with Crippen LogP contribution in [0.25, 0.3) is 0 Å². The molecule has 1 N–H and O–H groups in total. The largest absolute Gasteiger partial charge is 0.465 e. The quantitative estimate of drug-likeness (QED) is 0.494. The van der Waals surface area contributed by atoms with Gasteiger partial charge in [0.05, 0.1) is 17.6 Å². The molecular weight excluding hydrogens is 300 g/mol. The Morgan fingerprint density at radius 3 is 2.74 bits per heavy atom. The molecular formula is C15H16N4O4. The summed E-state index contributed by atoms with van der Waals surface area (Å²) in [4.78, 5) is 30.1. The van der Waals surface area contributed by atoms with Crippen molar-refractivity contribution in [3.05, 3.63) is 57.5 Å². The Hall–Kier alpha value is -3.03. The van der Waals surface area contributed by atoms with Gasteiger partial charge in [-0.25, -0.2) is 9.78 Å². The molecule has 0 spiro atoms. The molecule has 2 heterocycles. The lowest BCUT2D eigenvalue weighted by Gasteiger charge is -2.07. The number of nitro groups is 1. The number of rotatable bonds is 6. The van der Waals surface area contributed by atoms with Crippen molar-refractivity contribution in [3.63, 3.8) is 0 Å². The summed E-state index contributed by atoms with van der Waals surface area (Å²) in [5.41, 5.74) is 1.71. The Balaban J connectivity index is 2.08. The molecule has 0 saturated heterocycles. The van der Waals surface area contributed by atoms with Crippen LogP contribution in [0.3, 0.4) is 0 Å². The highest BCUT2D eigenvalue weighted by atomic mass is 16.6. The van der Waals surface area contributed by atoms with E-state index in [0.29, 0.717) is 13.0 Å². The predicted octanol–water partition coefficient (Wildman–Crippen LogP) is 2.13. The molecule has 0 aliphatic carbocycles. The normalized spacial score (nSPS) is 10.2. The van der Waals surface area contributed by atoms with Gasteiger partial charge in [0.15, 0.2) is 0 Å². The Morgan fingerprint density at radius 2 is 2.13 bits per heavy atom. The van der Waals surface area contributed by atoms with Gasteiger partial charge in [-0.2, -0.15) is 0 Å². The van der Waals surface area contributed by atoms with Gasteiger partial charge in [-0.15, -0.1) is 0 Å². The standard InChI is InChI=1S/C15H16N4O4/c1-10-3-4-11(8-17-10)5-6-16-14-13(19(21)22)7-12(9-18-14)15(20)23-2/h3-4,7-9H,5-6H2,1-2H3,(H,16,18). The fourth-order valence-corrected chi connectivity index (χ4v) is 1.93. The summed E-state index contributed by atoms with van der Waals surface area (Å²) in [5, 5.41) is 14.0. The van der Waals surface area contributed by atoms with Crippen molar-refractivity contribution >= 4 is 17.5 Å². The van der Waals surface area contributed by atoms with Gasteiger partial charge >= 0.3 is 11.7 Å². The Bertz CT molecular complexity index is 716. The van der Waals surface area contributed by atoms with E-state index in [1.54, 1.807) is 6.20 Å². The molecule has 0 radical (unpaired) electrons. The molecule has 8 heteroatoms. The molecule has 0 aliphatic rings. The lowest BCUT2D eigenvalue weighted by Crippen LogP contribution is -2.10. The third-order valence-corrected chi connectivity index (χ3v) is 3.16. The van der Waals surface area contributed by atoms with Crippen molar-refractivity contribution in [2.75, 3.05) is 19.0 Å². The molecule has 2 rings (SSSR count). The van der Waals surface area contributed by atoms with Gasteiger partial charge < -0.3 is 10.1 Å². The van der Waals surface area contributed by atoms with Gasteiger partial charge in [0, 0.05) is 30.7 Å². The number of ether oxygens (including phenoxy) is 1. The molecule has 0 amide bonds. The molecule has 2 aromatic heterocycles. The van der Waals surface area contributed by atoms with Crippen molar-refractivity contribution in [2.45, 2.75) is 13.3 Å². The minimum atomic E-state index is -0.669. The van der Waals surface area contributed by atoms with E-state index >= 15 is 0 Å². The van der Waals surface area contributed by atoms with Crippen LogP contribution in [0, 0.1) is 17.0 Å². The second-order valence-electron chi connectivity index (χ2n) is 4.83. The molecule has 0 unspecified atom stereocenters. The predicted molar refractivity (Wildman–Crippen MR) is 83.4 cm³/mol. The topological polar surface area (TPSA) is 107 Å². The van der Waals surface area contributed by atoms with E-state index in [0.717, 1.165) is 17.3 Å². The van der Waals surface area contributed by atoms with Crippen molar-refractivity contribution in [1.29, 1.82) is 0 Å². The Labute approximate surface area is 132 Å². The van der Waals surface area contributed by atoms with Crippen LogP contribution in [0.5, 0.6) is 0 Å². The zero-order chi connectivity index (χ0) is 16.8. The molecule has 8 nitrogen and oxygen atoms in total. The van der Waals surface area contributed by atoms with Crippen molar-refractivity contribution < 1.29 is 14.5 Å².